The lowest BCUT2D eigenvalue weighted by atomic mass is 10.1. The number of amides is 1. The Morgan fingerprint density at radius 1 is 1.00 bits per heavy atom. The number of rotatable bonds is 2. The number of carbonyl (C=O) groups excluding carboxylic acids is 1. The van der Waals surface area contributed by atoms with Crippen LogP contribution in [0, 0.1) is 6.92 Å². The number of aryl methyl sites for hydroxylation is 1. The summed E-state index contributed by atoms with van der Waals surface area (Å²) in [6.07, 6.45) is 3.61. The van der Waals surface area contributed by atoms with Gasteiger partial charge in [-0.15, -0.1) is 0 Å². The van der Waals surface area contributed by atoms with Gasteiger partial charge >= 0.3 is 0 Å². The Morgan fingerprint density at radius 2 is 1.72 bits per heavy atom. The largest absolute Gasteiger partial charge is 0.368 e. The average molecular weight is 332 g/mol. The molecule has 5 nitrogen and oxygen atoms in total. The fourth-order valence-electron chi connectivity index (χ4n) is 3.38. The highest BCUT2D eigenvalue weighted by Gasteiger charge is 2.24. The van der Waals surface area contributed by atoms with Gasteiger partial charge in [0.25, 0.3) is 5.91 Å². The van der Waals surface area contributed by atoms with Gasteiger partial charge in [-0.05, 0) is 31.2 Å². The molecule has 0 saturated carbocycles. The summed E-state index contributed by atoms with van der Waals surface area (Å²) in [5, 5.41) is 0.926. The minimum atomic E-state index is 0.0936. The van der Waals surface area contributed by atoms with Crippen LogP contribution < -0.4 is 4.90 Å². The van der Waals surface area contributed by atoms with Crippen molar-refractivity contribution in [1.82, 2.24) is 14.9 Å². The van der Waals surface area contributed by atoms with Crippen molar-refractivity contribution in [1.29, 1.82) is 0 Å². The van der Waals surface area contributed by atoms with Crippen molar-refractivity contribution in [2.24, 2.45) is 0 Å². The Balaban J connectivity index is 1.55. The fraction of sp³-hybridized carbons (Fsp3) is 0.250. The van der Waals surface area contributed by atoms with Crippen molar-refractivity contribution in [2.75, 3.05) is 31.1 Å². The number of piperazine rings is 1. The number of carbonyl (C=O) groups is 1. The third-order valence-electron chi connectivity index (χ3n) is 4.67. The Hall–Kier alpha value is -2.95. The molecule has 3 aromatic rings. The van der Waals surface area contributed by atoms with E-state index in [1.807, 2.05) is 54.3 Å². The number of aromatic nitrogens is 2. The molecule has 1 aromatic carbocycles. The van der Waals surface area contributed by atoms with Crippen LogP contribution in [0.15, 0.2) is 54.9 Å². The lowest BCUT2D eigenvalue weighted by molar-refractivity contribution is 0.0748. The molecule has 1 saturated heterocycles. The monoisotopic (exact) mass is 332 g/mol. The highest BCUT2D eigenvalue weighted by atomic mass is 16.2. The number of hydrogen-bond donors (Lipinski definition) is 0. The first kappa shape index (κ1) is 15.6. The van der Waals surface area contributed by atoms with Gasteiger partial charge in [0.15, 0.2) is 0 Å². The summed E-state index contributed by atoms with van der Waals surface area (Å²) >= 11 is 0. The van der Waals surface area contributed by atoms with Gasteiger partial charge in [0.1, 0.15) is 0 Å². The Labute approximate surface area is 146 Å². The summed E-state index contributed by atoms with van der Waals surface area (Å²) in [6, 6.07) is 13.8. The molecular weight excluding hydrogens is 312 g/mol. The molecule has 0 spiro atoms. The molecule has 126 valence electrons. The van der Waals surface area contributed by atoms with Crippen LogP contribution in [0.3, 0.4) is 0 Å². The number of anilines is 1. The standard InChI is InChI=1S/C20H20N4O/c1-15-14-18(17-4-2-3-5-19(17)22-15)20(25)24-12-10-23(11-13-24)16-6-8-21-9-7-16/h2-9,14H,10-13H2,1H3. The number of pyridine rings is 2. The van der Waals surface area contributed by atoms with Crippen LogP contribution in [0.5, 0.6) is 0 Å². The minimum Gasteiger partial charge on any atom is -0.368 e. The smallest absolute Gasteiger partial charge is 0.254 e. The normalized spacial score (nSPS) is 14.8. The van der Waals surface area contributed by atoms with E-state index >= 15 is 0 Å². The summed E-state index contributed by atoms with van der Waals surface area (Å²) in [4.78, 5) is 25.9. The van der Waals surface area contributed by atoms with Gasteiger partial charge in [0.2, 0.25) is 0 Å². The molecule has 0 aliphatic carbocycles. The lowest BCUT2D eigenvalue weighted by Crippen LogP contribution is -2.48. The van der Waals surface area contributed by atoms with E-state index in [1.54, 1.807) is 12.4 Å². The van der Waals surface area contributed by atoms with Crippen molar-refractivity contribution in [2.45, 2.75) is 6.92 Å². The quantitative estimate of drug-likeness (QED) is 0.724. The highest BCUT2D eigenvalue weighted by molar-refractivity contribution is 6.06. The summed E-state index contributed by atoms with van der Waals surface area (Å²) in [5.41, 5.74) is 3.66. The molecule has 0 unspecified atom stereocenters. The van der Waals surface area contributed by atoms with Gasteiger partial charge in [-0.25, -0.2) is 0 Å². The van der Waals surface area contributed by atoms with Crippen molar-refractivity contribution >= 4 is 22.5 Å². The molecule has 4 rings (SSSR count). The van der Waals surface area contributed by atoms with E-state index in [1.165, 1.54) is 0 Å². The first-order chi connectivity index (χ1) is 12.2. The number of hydrogen-bond acceptors (Lipinski definition) is 4. The summed E-state index contributed by atoms with van der Waals surface area (Å²) in [5.74, 6) is 0.0936. The fourth-order valence-corrected chi connectivity index (χ4v) is 3.38. The van der Waals surface area contributed by atoms with E-state index in [9.17, 15) is 4.79 Å². The van der Waals surface area contributed by atoms with Gasteiger partial charge in [-0.3, -0.25) is 14.8 Å². The zero-order chi connectivity index (χ0) is 17.2. The van der Waals surface area contributed by atoms with Gasteiger partial charge in [-0.1, -0.05) is 18.2 Å². The van der Waals surface area contributed by atoms with Crippen LogP contribution in [0.1, 0.15) is 16.1 Å². The molecule has 0 N–H and O–H groups in total. The molecule has 0 radical (unpaired) electrons. The SMILES string of the molecule is Cc1cc(C(=O)N2CCN(c3ccncc3)CC2)c2ccccc2n1. The van der Waals surface area contributed by atoms with Crippen LogP contribution >= 0.6 is 0 Å². The zero-order valence-electron chi connectivity index (χ0n) is 14.2. The zero-order valence-corrected chi connectivity index (χ0v) is 14.2. The highest BCUT2D eigenvalue weighted by Crippen LogP contribution is 2.21. The molecule has 1 fully saturated rings. The maximum atomic E-state index is 13.1. The van der Waals surface area contributed by atoms with E-state index < -0.39 is 0 Å². The second-order valence-corrected chi connectivity index (χ2v) is 6.31. The summed E-state index contributed by atoms with van der Waals surface area (Å²) in [7, 11) is 0. The number of benzene rings is 1. The molecule has 25 heavy (non-hydrogen) atoms. The predicted octanol–water partition coefficient (Wildman–Crippen LogP) is 2.90. The molecule has 5 heteroatoms. The minimum absolute atomic E-state index is 0.0936. The van der Waals surface area contributed by atoms with Crippen LogP contribution in [-0.4, -0.2) is 47.0 Å². The molecule has 1 amide bonds. The van der Waals surface area contributed by atoms with E-state index in [0.29, 0.717) is 0 Å². The molecule has 2 aromatic heterocycles. The molecule has 1 aliphatic rings. The van der Waals surface area contributed by atoms with Crippen molar-refractivity contribution in [3.8, 4) is 0 Å². The van der Waals surface area contributed by atoms with E-state index in [2.05, 4.69) is 14.9 Å². The molecule has 3 heterocycles. The third-order valence-corrected chi connectivity index (χ3v) is 4.67. The van der Waals surface area contributed by atoms with E-state index in [-0.39, 0.29) is 5.91 Å². The topological polar surface area (TPSA) is 49.3 Å². The third kappa shape index (κ3) is 3.05. The maximum absolute atomic E-state index is 13.1. The molecule has 0 bridgehead atoms. The van der Waals surface area contributed by atoms with Crippen molar-refractivity contribution in [3.05, 3.63) is 66.1 Å². The molecular formula is C20H20N4O. The van der Waals surface area contributed by atoms with E-state index in [0.717, 1.165) is 54.0 Å². The Morgan fingerprint density at radius 3 is 2.48 bits per heavy atom. The van der Waals surface area contributed by atoms with Gasteiger partial charge in [0, 0.05) is 55.3 Å². The van der Waals surface area contributed by atoms with Crippen molar-refractivity contribution < 1.29 is 4.79 Å². The van der Waals surface area contributed by atoms with Crippen LogP contribution in [0.2, 0.25) is 0 Å². The second kappa shape index (κ2) is 6.51. The van der Waals surface area contributed by atoms with Crippen LogP contribution in [-0.2, 0) is 0 Å². The van der Waals surface area contributed by atoms with Crippen molar-refractivity contribution in [3.63, 3.8) is 0 Å². The summed E-state index contributed by atoms with van der Waals surface area (Å²) in [6.45, 7) is 5.04. The first-order valence-electron chi connectivity index (χ1n) is 8.53. The van der Waals surface area contributed by atoms with Gasteiger partial charge in [-0.2, -0.15) is 0 Å². The first-order valence-corrected chi connectivity index (χ1v) is 8.53. The summed E-state index contributed by atoms with van der Waals surface area (Å²) < 4.78 is 0. The second-order valence-electron chi connectivity index (χ2n) is 6.31. The number of nitrogens with zero attached hydrogens (tertiary/aromatic N) is 4. The van der Waals surface area contributed by atoms with Gasteiger partial charge < -0.3 is 9.80 Å². The number of fused-ring (bicyclic) bond motifs is 1. The molecule has 1 aliphatic heterocycles. The Kier molecular flexibility index (Phi) is 4.06. The molecule has 0 atom stereocenters. The maximum Gasteiger partial charge on any atom is 0.254 e. The predicted molar refractivity (Wildman–Crippen MR) is 98.8 cm³/mol. The van der Waals surface area contributed by atoms with Crippen LogP contribution in [0.4, 0.5) is 5.69 Å². The lowest BCUT2D eigenvalue weighted by Gasteiger charge is -2.36. The van der Waals surface area contributed by atoms with Gasteiger partial charge in [0.05, 0.1) is 11.1 Å². The van der Waals surface area contributed by atoms with Crippen LogP contribution in [0.25, 0.3) is 10.9 Å². The number of para-hydroxylation sites is 1. The average Bonchev–Trinajstić information content (AvgIpc) is 2.67. The Bertz CT molecular complexity index is 902. The van der Waals surface area contributed by atoms with E-state index in [4.69, 9.17) is 0 Å².